The molecule has 0 unspecified atom stereocenters. The van der Waals surface area contributed by atoms with Crippen LogP contribution in [0.15, 0.2) is 6.33 Å². The normalized spacial score (nSPS) is 27.7. The second-order valence-electron chi connectivity index (χ2n) is 6.15. The second kappa shape index (κ2) is 7.08. The highest BCUT2D eigenvalue weighted by Crippen LogP contribution is 2.33. The quantitative estimate of drug-likeness (QED) is 0.560. The van der Waals surface area contributed by atoms with Crippen molar-refractivity contribution in [1.29, 1.82) is 0 Å². The van der Waals surface area contributed by atoms with Crippen LogP contribution < -0.4 is 11.1 Å². The summed E-state index contributed by atoms with van der Waals surface area (Å²) in [5, 5.41) is 22.8. The standard InChI is InChI=1S/C15H24N6O4/c1-4-7(2)18-15-19-12(16)9-13(20-15)21(6-17-9)14-11(24-3)10(23)8(5-22)25-14/h6-8,10-11,14,22-23H,4-5H2,1-3H3,(H3,16,18,19,20)/t7-,8+,10+,11+,14+/m0/s1. The van der Waals surface area contributed by atoms with Crippen LogP contribution in [0.25, 0.3) is 11.2 Å². The van der Waals surface area contributed by atoms with Gasteiger partial charge in [-0.3, -0.25) is 4.57 Å². The van der Waals surface area contributed by atoms with E-state index in [2.05, 4.69) is 27.2 Å². The van der Waals surface area contributed by atoms with Crippen LogP contribution in [0.3, 0.4) is 0 Å². The zero-order chi connectivity index (χ0) is 18.1. The number of fused-ring (bicyclic) bond motifs is 1. The lowest BCUT2D eigenvalue weighted by molar-refractivity contribution is -0.0583. The average Bonchev–Trinajstić information content (AvgIpc) is 3.15. The summed E-state index contributed by atoms with van der Waals surface area (Å²) in [6, 6.07) is 0.184. The van der Waals surface area contributed by atoms with Gasteiger partial charge < -0.3 is 30.7 Å². The smallest absolute Gasteiger partial charge is 0.226 e. The first-order valence-corrected chi connectivity index (χ1v) is 8.23. The topological polar surface area (TPSA) is 141 Å². The van der Waals surface area contributed by atoms with Crippen molar-refractivity contribution >= 4 is 22.9 Å². The van der Waals surface area contributed by atoms with Crippen LogP contribution >= 0.6 is 0 Å². The van der Waals surface area contributed by atoms with E-state index in [-0.39, 0.29) is 18.5 Å². The number of nitrogens with two attached hydrogens (primary N) is 1. The first kappa shape index (κ1) is 17.8. The Kier molecular flexibility index (Phi) is 5.04. The third-order valence-electron chi connectivity index (χ3n) is 4.48. The molecule has 138 valence electrons. The third-order valence-corrected chi connectivity index (χ3v) is 4.48. The van der Waals surface area contributed by atoms with Gasteiger partial charge in [-0.25, -0.2) is 4.98 Å². The van der Waals surface area contributed by atoms with Crippen molar-refractivity contribution < 1.29 is 19.7 Å². The molecule has 1 fully saturated rings. The summed E-state index contributed by atoms with van der Waals surface area (Å²) in [6.45, 7) is 3.75. The molecule has 10 nitrogen and oxygen atoms in total. The van der Waals surface area contributed by atoms with Gasteiger partial charge >= 0.3 is 0 Å². The molecule has 3 heterocycles. The number of rotatable bonds is 6. The van der Waals surface area contributed by atoms with Gasteiger partial charge in [-0.05, 0) is 13.3 Å². The molecule has 0 aliphatic carbocycles. The zero-order valence-electron chi connectivity index (χ0n) is 14.5. The molecule has 1 saturated heterocycles. The van der Waals surface area contributed by atoms with Crippen LogP contribution in [0.1, 0.15) is 26.5 Å². The minimum atomic E-state index is -0.964. The van der Waals surface area contributed by atoms with Crippen LogP contribution in [0.2, 0.25) is 0 Å². The summed E-state index contributed by atoms with van der Waals surface area (Å²) in [5.74, 6) is 0.646. The molecule has 0 saturated carbocycles. The van der Waals surface area contributed by atoms with Gasteiger partial charge in [0, 0.05) is 13.2 Å². The Balaban J connectivity index is 2.01. The monoisotopic (exact) mass is 352 g/mol. The van der Waals surface area contributed by atoms with Crippen molar-refractivity contribution in [3.63, 3.8) is 0 Å². The lowest BCUT2D eigenvalue weighted by Gasteiger charge is -2.20. The predicted octanol–water partition coefficient (Wildman–Crippen LogP) is -0.115. The fraction of sp³-hybridized carbons (Fsp3) is 0.667. The van der Waals surface area contributed by atoms with Crippen molar-refractivity contribution in [1.82, 2.24) is 19.5 Å². The Morgan fingerprint density at radius 2 is 2.24 bits per heavy atom. The number of hydrogen-bond donors (Lipinski definition) is 4. The number of nitrogens with zero attached hydrogens (tertiary/aromatic N) is 4. The molecule has 2 aromatic rings. The van der Waals surface area contributed by atoms with E-state index < -0.39 is 24.5 Å². The van der Waals surface area contributed by atoms with Gasteiger partial charge in [0.2, 0.25) is 5.95 Å². The van der Waals surface area contributed by atoms with Crippen molar-refractivity contribution in [2.75, 3.05) is 24.8 Å². The lowest BCUT2D eigenvalue weighted by atomic mass is 10.1. The van der Waals surface area contributed by atoms with Crippen molar-refractivity contribution in [3.05, 3.63) is 6.33 Å². The first-order valence-electron chi connectivity index (χ1n) is 8.23. The van der Waals surface area contributed by atoms with E-state index >= 15 is 0 Å². The van der Waals surface area contributed by atoms with E-state index in [1.54, 1.807) is 4.57 Å². The SMILES string of the molecule is CC[C@H](C)Nc1nc(N)c2ncn([C@@H]3O[C@H](CO)[C@@H](O)[C@H]3OC)c2n1. The van der Waals surface area contributed by atoms with Crippen LogP contribution in [-0.2, 0) is 9.47 Å². The van der Waals surface area contributed by atoms with Crippen molar-refractivity contribution in [3.8, 4) is 0 Å². The summed E-state index contributed by atoms with van der Waals surface area (Å²) in [6.07, 6.45) is -0.642. The summed E-state index contributed by atoms with van der Waals surface area (Å²) < 4.78 is 12.7. The minimum Gasteiger partial charge on any atom is -0.394 e. The van der Waals surface area contributed by atoms with Gasteiger partial charge in [-0.15, -0.1) is 0 Å². The Bertz CT molecular complexity index is 738. The molecule has 5 atom stereocenters. The molecule has 3 rings (SSSR count). The van der Waals surface area contributed by atoms with Gasteiger partial charge in [0.1, 0.15) is 23.8 Å². The average molecular weight is 352 g/mol. The van der Waals surface area contributed by atoms with E-state index in [0.717, 1.165) is 6.42 Å². The molecule has 0 bridgehead atoms. The maximum atomic E-state index is 10.2. The van der Waals surface area contributed by atoms with E-state index in [9.17, 15) is 10.2 Å². The highest BCUT2D eigenvalue weighted by molar-refractivity contribution is 5.83. The molecular weight excluding hydrogens is 328 g/mol. The van der Waals surface area contributed by atoms with E-state index in [1.807, 2.05) is 6.92 Å². The van der Waals surface area contributed by atoms with Gasteiger partial charge in [-0.2, -0.15) is 9.97 Å². The molecular formula is C15H24N6O4. The number of anilines is 2. The molecule has 0 radical (unpaired) electrons. The largest absolute Gasteiger partial charge is 0.394 e. The van der Waals surface area contributed by atoms with Crippen LogP contribution in [0.4, 0.5) is 11.8 Å². The van der Waals surface area contributed by atoms with E-state index in [1.165, 1.54) is 13.4 Å². The molecule has 5 N–H and O–H groups in total. The number of imidazole rings is 1. The van der Waals surface area contributed by atoms with Crippen LogP contribution in [0.5, 0.6) is 0 Å². The summed E-state index contributed by atoms with van der Waals surface area (Å²) in [4.78, 5) is 13.0. The Labute approximate surface area is 145 Å². The van der Waals surface area contributed by atoms with Gasteiger partial charge in [0.05, 0.1) is 12.9 Å². The number of aliphatic hydroxyl groups is 2. The zero-order valence-corrected chi connectivity index (χ0v) is 14.5. The molecule has 1 aliphatic rings. The molecule has 1 aliphatic heterocycles. The highest BCUT2D eigenvalue weighted by atomic mass is 16.6. The minimum absolute atomic E-state index is 0.184. The number of hydrogen-bond acceptors (Lipinski definition) is 9. The fourth-order valence-corrected chi connectivity index (χ4v) is 2.86. The maximum Gasteiger partial charge on any atom is 0.226 e. The summed E-state index contributed by atoms with van der Waals surface area (Å²) in [7, 11) is 1.47. The Morgan fingerprint density at radius 1 is 1.48 bits per heavy atom. The van der Waals surface area contributed by atoms with E-state index in [0.29, 0.717) is 17.1 Å². The number of aliphatic hydroxyl groups excluding tert-OH is 2. The molecule has 0 amide bonds. The first-order chi connectivity index (χ1) is 12.0. The Hall–Kier alpha value is -2.01. The molecule has 0 spiro atoms. The summed E-state index contributed by atoms with van der Waals surface area (Å²) in [5.41, 5.74) is 6.91. The van der Waals surface area contributed by atoms with Crippen LogP contribution in [-0.4, -0.2) is 67.8 Å². The lowest BCUT2D eigenvalue weighted by Crippen LogP contribution is -2.34. The second-order valence-corrected chi connectivity index (χ2v) is 6.15. The molecule has 2 aromatic heterocycles. The molecule has 0 aromatic carbocycles. The van der Waals surface area contributed by atoms with Crippen molar-refractivity contribution in [2.24, 2.45) is 0 Å². The predicted molar refractivity (Wildman–Crippen MR) is 90.9 cm³/mol. The molecule has 25 heavy (non-hydrogen) atoms. The third kappa shape index (κ3) is 3.13. The van der Waals surface area contributed by atoms with Gasteiger partial charge in [0.15, 0.2) is 17.7 Å². The van der Waals surface area contributed by atoms with Gasteiger partial charge in [0.25, 0.3) is 0 Å². The van der Waals surface area contributed by atoms with Crippen molar-refractivity contribution in [2.45, 2.75) is 50.8 Å². The maximum absolute atomic E-state index is 10.2. The number of nitrogen functional groups attached to an aromatic ring is 1. The fourth-order valence-electron chi connectivity index (χ4n) is 2.86. The summed E-state index contributed by atoms with van der Waals surface area (Å²) >= 11 is 0. The highest BCUT2D eigenvalue weighted by Gasteiger charge is 2.45. The molecule has 10 heteroatoms. The number of ether oxygens (including phenoxy) is 2. The number of aromatic nitrogens is 4. The Morgan fingerprint density at radius 3 is 2.88 bits per heavy atom. The number of nitrogens with one attached hydrogen (secondary N) is 1. The van der Waals surface area contributed by atoms with Gasteiger partial charge in [-0.1, -0.05) is 6.92 Å². The number of methoxy groups -OCH3 is 1. The van der Waals surface area contributed by atoms with Crippen LogP contribution in [0, 0.1) is 0 Å². The van der Waals surface area contributed by atoms with E-state index in [4.69, 9.17) is 15.2 Å².